The van der Waals surface area contributed by atoms with Crippen LogP contribution in [-0.4, -0.2) is 32.9 Å². The van der Waals surface area contributed by atoms with Crippen molar-refractivity contribution in [1.29, 1.82) is 0 Å². The van der Waals surface area contributed by atoms with E-state index in [-0.39, 0.29) is 6.04 Å². The zero-order valence-electron chi connectivity index (χ0n) is 11.4. The van der Waals surface area contributed by atoms with Gasteiger partial charge < -0.3 is 10.6 Å². The van der Waals surface area contributed by atoms with Crippen molar-refractivity contribution < 1.29 is 13.2 Å². The molecule has 2 N–H and O–H groups in total. The molecule has 0 aliphatic heterocycles. The van der Waals surface area contributed by atoms with Gasteiger partial charge in [0.05, 0.1) is 0 Å². The highest BCUT2D eigenvalue weighted by Gasteiger charge is 2.11. The second-order valence-electron chi connectivity index (χ2n) is 4.52. The van der Waals surface area contributed by atoms with Gasteiger partial charge in [0.1, 0.15) is 5.75 Å². The number of rotatable bonds is 6. The predicted molar refractivity (Wildman–Crippen MR) is 76.9 cm³/mol. The monoisotopic (exact) mass is 284 g/mol. The third-order valence-corrected chi connectivity index (χ3v) is 3.36. The van der Waals surface area contributed by atoms with Gasteiger partial charge in [-0.2, -0.15) is 0 Å². The van der Waals surface area contributed by atoms with Gasteiger partial charge in [-0.1, -0.05) is 19.1 Å². The van der Waals surface area contributed by atoms with E-state index in [0.717, 1.165) is 18.4 Å². The average molecular weight is 284 g/mol. The minimum Gasteiger partial charge on any atom is -0.325 e. The molecule has 0 aliphatic rings. The van der Waals surface area contributed by atoms with Crippen molar-refractivity contribution in [2.24, 2.45) is 0 Å². The molecule has 0 fully saturated rings. The number of hydrogen-bond donors (Lipinski definition) is 2. The van der Waals surface area contributed by atoms with Crippen molar-refractivity contribution in [2.75, 3.05) is 23.9 Å². The molecule has 1 amide bonds. The SMILES string of the molecule is CCNC(C)c1cccc(NC(=O)CS(C)(=O)=O)c1. The molecule has 19 heavy (non-hydrogen) atoms. The summed E-state index contributed by atoms with van der Waals surface area (Å²) < 4.78 is 22.0. The first kappa shape index (κ1) is 15.7. The van der Waals surface area contributed by atoms with Crippen LogP contribution in [-0.2, 0) is 14.6 Å². The molecule has 0 heterocycles. The van der Waals surface area contributed by atoms with E-state index in [9.17, 15) is 13.2 Å². The fourth-order valence-electron chi connectivity index (χ4n) is 1.75. The number of carbonyl (C=O) groups is 1. The molecule has 6 heteroatoms. The fraction of sp³-hybridized carbons (Fsp3) is 0.462. The molecule has 0 aromatic heterocycles. The quantitative estimate of drug-likeness (QED) is 0.826. The largest absolute Gasteiger partial charge is 0.325 e. The Hall–Kier alpha value is -1.40. The van der Waals surface area contributed by atoms with E-state index in [1.54, 1.807) is 6.07 Å². The van der Waals surface area contributed by atoms with Gasteiger partial charge in [-0.05, 0) is 31.2 Å². The highest BCUT2D eigenvalue weighted by molar-refractivity contribution is 7.91. The van der Waals surface area contributed by atoms with Crippen LogP contribution < -0.4 is 10.6 Å². The lowest BCUT2D eigenvalue weighted by Gasteiger charge is -2.14. The highest BCUT2D eigenvalue weighted by atomic mass is 32.2. The summed E-state index contributed by atoms with van der Waals surface area (Å²) >= 11 is 0. The van der Waals surface area contributed by atoms with Crippen LogP contribution in [0.25, 0.3) is 0 Å². The number of sulfone groups is 1. The van der Waals surface area contributed by atoms with Crippen LogP contribution in [0.3, 0.4) is 0 Å². The molecule has 5 nitrogen and oxygen atoms in total. The highest BCUT2D eigenvalue weighted by Crippen LogP contribution is 2.17. The van der Waals surface area contributed by atoms with E-state index in [2.05, 4.69) is 10.6 Å². The maximum atomic E-state index is 11.5. The van der Waals surface area contributed by atoms with E-state index in [1.807, 2.05) is 32.0 Å². The van der Waals surface area contributed by atoms with Crippen LogP contribution >= 0.6 is 0 Å². The molecule has 1 aromatic rings. The van der Waals surface area contributed by atoms with E-state index >= 15 is 0 Å². The third-order valence-electron chi connectivity index (χ3n) is 2.57. The van der Waals surface area contributed by atoms with Gasteiger partial charge in [0.15, 0.2) is 9.84 Å². The van der Waals surface area contributed by atoms with E-state index in [0.29, 0.717) is 5.69 Å². The topological polar surface area (TPSA) is 75.3 Å². The number of hydrogen-bond acceptors (Lipinski definition) is 4. The van der Waals surface area contributed by atoms with E-state index in [4.69, 9.17) is 0 Å². The molecule has 0 aliphatic carbocycles. The Morgan fingerprint density at radius 3 is 2.63 bits per heavy atom. The van der Waals surface area contributed by atoms with Crippen molar-refractivity contribution in [3.05, 3.63) is 29.8 Å². The zero-order valence-corrected chi connectivity index (χ0v) is 12.3. The zero-order chi connectivity index (χ0) is 14.5. The van der Waals surface area contributed by atoms with E-state index < -0.39 is 21.5 Å². The Balaban J connectivity index is 2.74. The summed E-state index contributed by atoms with van der Waals surface area (Å²) in [5, 5.41) is 5.86. The molecule has 0 saturated heterocycles. The summed E-state index contributed by atoms with van der Waals surface area (Å²) in [5.74, 6) is -1.02. The molecule has 1 rings (SSSR count). The summed E-state index contributed by atoms with van der Waals surface area (Å²) in [7, 11) is -3.30. The molecule has 1 aromatic carbocycles. The van der Waals surface area contributed by atoms with Gasteiger partial charge in [-0.25, -0.2) is 8.42 Å². The normalized spacial score (nSPS) is 13.0. The second-order valence-corrected chi connectivity index (χ2v) is 6.66. The molecule has 106 valence electrons. The third kappa shape index (κ3) is 5.85. The number of anilines is 1. The van der Waals surface area contributed by atoms with Crippen LogP contribution in [0.15, 0.2) is 24.3 Å². The molecule has 0 saturated carbocycles. The lowest BCUT2D eigenvalue weighted by atomic mass is 10.1. The van der Waals surface area contributed by atoms with Gasteiger partial charge in [-0.15, -0.1) is 0 Å². The van der Waals surface area contributed by atoms with Crippen LogP contribution in [0.2, 0.25) is 0 Å². The van der Waals surface area contributed by atoms with Gasteiger partial charge in [0, 0.05) is 18.0 Å². The molecule has 0 spiro atoms. The van der Waals surface area contributed by atoms with Crippen molar-refractivity contribution >= 4 is 21.4 Å². The summed E-state index contributed by atoms with van der Waals surface area (Å²) in [5.41, 5.74) is 1.65. The Labute approximate surface area is 114 Å². The molecular formula is C13H20N2O3S. The summed E-state index contributed by atoms with van der Waals surface area (Å²) in [6.07, 6.45) is 1.04. The first-order chi connectivity index (χ1) is 8.81. The smallest absolute Gasteiger partial charge is 0.239 e. The van der Waals surface area contributed by atoms with Gasteiger partial charge in [0.25, 0.3) is 0 Å². The summed E-state index contributed by atoms with van der Waals surface area (Å²) in [4.78, 5) is 11.5. The molecule has 0 radical (unpaired) electrons. The van der Waals surface area contributed by atoms with Gasteiger partial charge >= 0.3 is 0 Å². The van der Waals surface area contributed by atoms with Crippen molar-refractivity contribution in [1.82, 2.24) is 5.32 Å². The van der Waals surface area contributed by atoms with Crippen molar-refractivity contribution in [3.63, 3.8) is 0 Å². The first-order valence-electron chi connectivity index (χ1n) is 6.12. The molecule has 0 bridgehead atoms. The van der Waals surface area contributed by atoms with Crippen LogP contribution in [0.1, 0.15) is 25.5 Å². The van der Waals surface area contributed by atoms with E-state index in [1.165, 1.54) is 0 Å². The Morgan fingerprint density at radius 1 is 1.37 bits per heavy atom. The maximum absolute atomic E-state index is 11.5. The number of carbonyl (C=O) groups excluding carboxylic acids is 1. The molecule has 1 atom stereocenters. The number of amides is 1. The molecular weight excluding hydrogens is 264 g/mol. The Bertz CT molecular complexity index is 541. The van der Waals surface area contributed by atoms with Gasteiger partial charge in [0.2, 0.25) is 5.91 Å². The Kier molecular flexibility index (Phi) is 5.50. The lowest BCUT2D eigenvalue weighted by Crippen LogP contribution is -2.22. The molecule has 1 unspecified atom stereocenters. The minimum atomic E-state index is -3.30. The van der Waals surface area contributed by atoms with Crippen LogP contribution in [0.5, 0.6) is 0 Å². The van der Waals surface area contributed by atoms with Crippen LogP contribution in [0.4, 0.5) is 5.69 Å². The second kappa shape index (κ2) is 6.68. The lowest BCUT2D eigenvalue weighted by molar-refractivity contribution is -0.113. The minimum absolute atomic E-state index is 0.178. The van der Waals surface area contributed by atoms with Gasteiger partial charge in [-0.3, -0.25) is 4.79 Å². The van der Waals surface area contributed by atoms with Crippen LogP contribution in [0, 0.1) is 0 Å². The maximum Gasteiger partial charge on any atom is 0.239 e. The first-order valence-corrected chi connectivity index (χ1v) is 8.19. The standard InChI is InChI=1S/C13H20N2O3S/c1-4-14-10(2)11-6-5-7-12(8-11)15-13(16)9-19(3,17)18/h5-8,10,14H,4,9H2,1-3H3,(H,15,16). The number of nitrogens with one attached hydrogen (secondary N) is 2. The average Bonchev–Trinajstić information content (AvgIpc) is 2.27. The fourth-order valence-corrected chi connectivity index (χ4v) is 2.29. The Morgan fingerprint density at radius 2 is 2.05 bits per heavy atom. The summed E-state index contributed by atoms with van der Waals surface area (Å²) in [6.45, 7) is 4.90. The summed E-state index contributed by atoms with van der Waals surface area (Å²) in [6, 6.07) is 7.55. The van der Waals surface area contributed by atoms with Crippen molar-refractivity contribution in [3.8, 4) is 0 Å². The predicted octanol–water partition coefficient (Wildman–Crippen LogP) is 1.34. The van der Waals surface area contributed by atoms with Crippen molar-refractivity contribution in [2.45, 2.75) is 19.9 Å². The number of benzene rings is 1.